The first-order chi connectivity index (χ1) is 9.16. The molecule has 1 aliphatic carbocycles. The number of nitrogens with one attached hydrogen (secondary N) is 1. The fraction of sp³-hybridized carbons (Fsp3) is 0.500. The van der Waals surface area contributed by atoms with Gasteiger partial charge in [0.1, 0.15) is 0 Å². The molecule has 100 valence electrons. The van der Waals surface area contributed by atoms with Gasteiger partial charge in [-0.1, -0.05) is 13.0 Å². The zero-order valence-corrected chi connectivity index (χ0v) is 11.9. The highest BCUT2D eigenvalue weighted by atomic mass is 14.9. The Kier molecular flexibility index (Phi) is 3.13. The van der Waals surface area contributed by atoms with Gasteiger partial charge in [0.15, 0.2) is 0 Å². The number of imidazole rings is 1. The van der Waals surface area contributed by atoms with E-state index in [-0.39, 0.29) is 0 Å². The Morgan fingerprint density at radius 1 is 1.32 bits per heavy atom. The highest BCUT2D eigenvalue weighted by Gasteiger charge is 2.29. The average Bonchev–Trinajstić information content (AvgIpc) is 2.83. The third-order valence-electron chi connectivity index (χ3n) is 4.37. The molecule has 19 heavy (non-hydrogen) atoms. The van der Waals surface area contributed by atoms with Crippen molar-refractivity contribution in [2.75, 3.05) is 0 Å². The molecule has 1 aliphatic rings. The Balaban J connectivity index is 1.99. The molecule has 0 amide bonds. The lowest BCUT2D eigenvalue weighted by Crippen LogP contribution is -2.18. The largest absolute Gasteiger partial charge is 0.348 e. The minimum Gasteiger partial charge on any atom is -0.348 e. The first-order valence-corrected chi connectivity index (χ1v) is 7.13. The van der Waals surface area contributed by atoms with Crippen molar-refractivity contribution in [2.24, 2.45) is 0 Å². The number of rotatable bonds is 2. The molecule has 0 radical (unpaired) electrons. The molecule has 3 nitrogen and oxygen atoms in total. The Morgan fingerprint density at radius 2 is 2.16 bits per heavy atom. The number of aryl methyl sites for hydroxylation is 3. The lowest BCUT2D eigenvalue weighted by Gasteiger charge is -2.29. The van der Waals surface area contributed by atoms with Gasteiger partial charge in [0.2, 0.25) is 0 Å². The second kappa shape index (κ2) is 4.80. The van der Waals surface area contributed by atoms with Crippen molar-refractivity contribution in [3.63, 3.8) is 0 Å². The van der Waals surface area contributed by atoms with E-state index in [4.69, 9.17) is 4.98 Å². The van der Waals surface area contributed by atoms with Gasteiger partial charge in [-0.05, 0) is 44.7 Å². The molecule has 0 bridgehead atoms. The van der Waals surface area contributed by atoms with E-state index < -0.39 is 0 Å². The van der Waals surface area contributed by atoms with Gasteiger partial charge in [-0.2, -0.15) is 0 Å². The van der Waals surface area contributed by atoms with E-state index in [1.54, 1.807) is 6.33 Å². The van der Waals surface area contributed by atoms with Crippen LogP contribution in [0.25, 0.3) is 0 Å². The summed E-state index contributed by atoms with van der Waals surface area (Å²) >= 11 is 0. The summed E-state index contributed by atoms with van der Waals surface area (Å²) in [6, 6.07) is 4.39. The first-order valence-electron chi connectivity index (χ1n) is 7.13. The SMILES string of the molecule is Cc1ccc2c(n1)C(C(C)c1nc[nH]c1C)CCC2. The number of H-pyrrole nitrogens is 1. The monoisotopic (exact) mass is 255 g/mol. The van der Waals surface area contributed by atoms with Crippen LogP contribution in [0.2, 0.25) is 0 Å². The van der Waals surface area contributed by atoms with Crippen molar-refractivity contribution in [2.45, 2.75) is 51.9 Å². The minimum atomic E-state index is 0.430. The molecular weight excluding hydrogens is 234 g/mol. The van der Waals surface area contributed by atoms with E-state index in [0.29, 0.717) is 11.8 Å². The van der Waals surface area contributed by atoms with Gasteiger partial charge in [0, 0.05) is 28.9 Å². The maximum absolute atomic E-state index is 4.82. The molecule has 3 rings (SSSR count). The standard InChI is InChI=1S/C16H21N3/c1-10-7-8-13-5-4-6-14(16(13)19-10)11(2)15-12(3)17-9-18-15/h7-9,11,14H,4-6H2,1-3H3,(H,17,18). The van der Waals surface area contributed by atoms with Crippen LogP contribution in [0.1, 0.15) is 59.9 Å². The highest BCUT2D eigenvalue weighted by Crippen LogP contribution is 2.40. The van der Waals surface area contributed by atoms with Crippen LogP contribution in [0.4, 0.5) is 0 Å². The van der Waals surface area contributed by atoms with E-state index in [2.05, 4.69) is 42.9 Å². The minimum absolute atomic E-state index is 0.430. The quantitative estimate of drug-likeness (QED) is 0.890. The van der Waals surface area contributed by atoms with E-state index in [1.807, 2.05) is 0 Å². The summed E-state index contributed by atoms with van der Waals surface area (Å²) in [6.07, 6.45) is 5.45. The fourth-order valence-corrected chi connectivity index (χ4v) is 3.29. The second-order valence-corrected chi connectivity index (χ2v) is 5.70. The van der Waals surface area contributed by atoms with Gasteiger partial charge >= 0.3 is 0 Å². The summed E-state index contributed by atoms with van der Waals surface area (Å²) in [5, 5.41) is 0. The molecule has 0 spiro atoms. The summed E-state index contributed by atoms with van der Waals surface area (Å²) in [4.78, 5) is 12.5. The Labute approximate surface area is 114 Å². The number of aromatic nitrogens is 3. The summed E-state index contributed by atoms with van der Waals surface area (Å²) in [7, 11) is 0. The van der Waals surface area contributed by atoms with Gasteiger partial charge in [-0.3, -0.25) is 4.98 Å². The molecule has 2 heterocycles. The van der Waals surface area contributed by atoms with Gasteiger partial charge < -0.3 is 4.98 Å². The molecule has 0 aliphatic heterocycles. The van der Waals surface area contributed by atoms with Crippen molar-refractivity contribution in [3.05, 3.63) is 46.8 Å². The molecule has 2 atom stereocenters. The number of hydrogen-bond donors (Lipinski definition) is 1. The fourth-order valence-electron chi connectivity index (χ4n) is 3.29. The van der Waals surface area contributed by atoms with E-state index in [1.165, 1.54) is 41.9 Å². The van der Waals surface area contributed by atoms with Crippen LogP contribution >= 0.6 is 0 Å². The van der Waals surface area contributed by atoms with Crippen molar-refractivity contribution in [1.29, 1.82) is 0 Å². The summed E-state index contributed by atoms with van der Waals surface area (Å²) < 4.78 is 0. The maximum atomic E-state index is 4.82. The third-order valence-corrected chi connectivity index (χ3v) is 4.37. The van der Waals surface area contributed by atoms with Crippen LogP contribution in [-0.2, 0) is 6.42 Å². The van der Waals surface area contributed by atoms with E-state index in [0.717, 1.165) is 5.69 Å². The molecule has 2 aromatic heterocycles. The maximum Gasteiger partial charge on any atom is 0.0925 e. The van der Waals surface area contributed by atoms with Crippen LogP contribution in [0.3, 0.4) is 0 Å². The zero-order chi connectivity index (χ0) is 13.4. The van der Waals surface area contributed by atoms with Gasteiger partial charge in [0.25, 0.3) is 0 Å². The summed E-state index contributed by atoms with van der Waals surface area (Å²) in [5.74, 6) is 0.935. The summed E-state index contributed by atoms with van der Waals surface area (Å²) in [6.45, 7) is 6.47. The van der Waals surface area contributed by atoms with Crippen LogP contribution in [0, 0.1) is 13.8 Å². The van der Waals surface area contributed by atoms with Crippen LogP contribution in [0.15, 0.2) is 18.5 Å². The molecule has 2 aromatic rings. The zero-order valence-electron chi connectivity index (χ0n) is 11.9. The number of pyridine rings is 1. The van der Waals surface area contributed by atoms with Gasteiger partial charge in [-0.15, -0.1) is 0 Å². The third kappa shape index (κ3) is 2.18. The highest BCUT2D eigenvalue weighted by molar-refractivity contribution is 5.31. The molecule has 0 saturated carbocycles. The molecule has 0 saturated heterocycles. The molecule has 2 unspecified atom stereocenters. The predicted molar refractivity (Wildman–Crippen MR) is 76.4 cm³/mol. The molecule has 3 heteroatoms. The Hall–Kier alpha value is -1.64. The molecular formula is C16H21N3. The van der Waals surface area contributed by atoms with Crippen LogP contribution < -0.4 is 0 Å². The predicted octanol–water partition coefficient (Wildman–Crippen LogP) is 3.65. The molecule has 0 aromatic carbocycles. The first kappa shape index (κ1) is 12.4. The number of hydrogen-bond acceptors (Lipinski definition) is 2. The lowest BCUT2D eigenvalue weighted by atomic mass is 9.77. The van der Waals surface area contributed by atoms with Gasteiger partial charge in [-0.25, -0.2) is 4.98 Å². The van der Waals surface area contributed by atoms with Crippen LogP contribution in [0.5, 0.6) is 0 Å². The van der Waals surface area contributed by atoms with Crippen molar-refractivity contribution < 1.29 is 0 Å². The second-order valence-electron chi connectivity index (χ2n) is 5.70. The number of aromatic amines is 1. The summed E-state index contributed by atoms with van der Waals surface area (Å²) in [5.41, 5.74) is 6.24. The Bertz CT molecular complexity index is 585. The van der Waals surface area contributed by atoms with Crippen molar-refractivity contribution in [1.82, 2.24) is 15.0 Å². The van der Waals surface area contributed by atoms with E-state index >= 15 is 0 Å². The van der Waals surface area contributed by atoms with Crippen molar-refractivity contribution in [3.8, 4) is 0 Å². The van der Waals surface area contributed by atoms with Crippen LogP contribution in [-0.4, -0.2) is 15.0 Å². The normalized spacial score (nSPS) is 20.1. The number of fused-ring (bicyclic) bond motifs is 1. The average molecular weight is 255 g/mol. The van der Waals surface area contributed by atoms with Crippen molar-refractivity contribution >= 4 is 0 Å². The Morgan fingerprint density at radius 3 is 2.89 bits per heavy atom. The molecule has 0 fully saturated rings. The molecule has 1 N–H and O–H groups in total. The smallest absolute Gasteiger partial charge is 0.0925 e. The van der Waals surface area contributed by atoms with E-state index in [9.17, 15) is 0 Å². The van der Waals surface area contributed by atoms with Gasteiger partial charge in [0.05, 0.1) is 12.0 Å². The lowest BCUT2D eigenvalue weighted by molar-refractivity contribution is 0.468. The topological polar surface area (TPSA) is 41.6 Å². The number of nitrogens with zero attached hydrogens (tertiary/aromatic N) is 2.